The Bertz CT molecular complexity index is 464. The van der Waals surface area contributed by atoms with Crippen LogP contribution in [-0.4, -0.2) is 38.8 Å². The first-order valence-electron chi connectivity index (χ1n) is 7.65. The molecule has 2 rings (SSSR count). The second-order valence-electron chi connectivity index (χ2n) is 6.69. The van der Waals surface area contributed by atoms with Crippen LogP contribution >= 0.6 is 0 Å². The van der Waals surface area contributed by atoms with E-state index in [9.17, 15) is 0 Å². The van der Waals surface area contributed by atoms with Crippen molar-refractivity contribution in [1.29, 1.82) is 0 Å². The van der Waals surface area contributed by atoms with Crippen LogP contribution in [0.15, 0.2) is 18.2 Å². The van der Waals surface area contributed by atoms with Crippen LogP contribution < -0.4 is 15.2 Å². The zero-order valence-corrected chi connectivity index (χ0v) is 13.7. The minimum atomic E-state index is 0.00557. The Morgan fingerprint density at radius 1 is 1.14 bits per heavy atom. The highest BCUT2D eigenvalue weighted by atomic mass is 16.5. The predicted octanol–water partition coefficient (Wildman–Crippen LogP) is 2.83. The Hall–Kier alpha value is -1.26. The van der Waals surface area contributed by atoms with Crippen LogP contribution in [0.25, 0.3) is 0 Å². The van der Waals surface area contributed by atoms with Gasteiger partial charge < -0.3 is 20.1 Å². The summed E-state index contributed by atoms with van der Waals surface area (Å²) in [5, 5.41) is 0. The Kier molecular flexibility index (Phi) is 5.12. The van der Waals surface area contributed by atoms with Gasteiger partial charge in [-0.3, -0.25) is 0 Å². The third-order valence-electron chi connectivity index (χ3n) is 4.50. The van der Waals surface area contributed by atoms with Crippen molar-refractivity contribution >= 4 is 0 Å². The van der Waals surface area contributed by atoms with Gasteiger partial charge in [-0.1, -0.05) is 19.9 Å². The number of hydrogen-bond acceptors (Lipinski definition) is 4. The molecule has 0 radical (unpaired) electrons. The second kappa shape index (κ2) is 6.67. The van der Waals surface area contributed by atoms with Crippen molar-refractivity contribution in [3.8, 4) is 11.5 Å². The van der Waals surface area contributed by atoms with E-state index in [1.54, 1.807) is 14.2 Å². The van der Waals surface area contributed by atoms with E-state index in [4.69, 9.17) is 15.2 Å². The number of rotatable bonds is 5. The smallest absolute Gasteiger partial charge is 0.161 e. The van der Waals surface area contributed by atoms with Crippen LogP contribution in [0.5, 0.6) is 11.5 Å². The number of methoxy groups -OCH3 is 2. The fourth-order valence-electron chi connectivity index (χ4n) is 2.81. The van der Waals surface area contributed by atoms with Gasteiger partial charge in [0.25, 0.3) is 0 Å². The topological polar surface area (TPSA) is 47.7 Å². The standard InChI is InChI=1S/C17H28N2O2/c1-17(2)7-9-19(10-8-17)12-14(18)13-5-6-15(20-3)16(11-13)21-4/h5-6,11,14H,7-10,12,18H2,1-4H3. The number of benzene rings is 1. The SMILES string of the molecule is COc1ccc(C(N)CN2CCC(C)(C)CC2)cc1OC. The molecular formula is C17H28N2O2. The molecule has 1 saturated heterocycles. The first-order valence-corrected chi connectivity index (χ1v) is 7.65. The largest absolute Gasteiger partial charge is 0.493 e. The van der Waals surface area contributed by atoms with Crippen molar-refractivity contribution in [2.45, 2.75) is 32.7 Å². The molecule has 1 aliphatic heterocycles. The van der Waals surface area contributed by atoms with Crippen LogP contribution in [0.3, 0.4) is 0 Å². The van der Waals surface area contributed by atoms with E-state index in [0.717, 1.165) is 36.7 Å². The molecule has 118 valence electrons. The average molecular weight is 292 g/mol. The molecule has 1 aromatic carbocycles. The van der Waals surface area contributed by atoms with Gasteiger partial charge in [-0.25, -0.2) is 0 Å². The van der Waals surface area contributed by atoms with Crippen LogP contribution in [0.4, 0.5) is 0 Å². The molecule has 1 heterocycles. The maximum atomic E-state index is 6.37. The van der Waals surface area contributed by atoms with Gasteiger partial charge in [0, 0.05) is 12.6 Å². The zero-order valence-electron chi connectivity index (χ0n) is 13.7. The van der Waals surface area contributed by atoms with Gasteiger partial charge in [-0.15, -0.1) is 0 Å². The summed E-state index contributed by atoms with van der Waals surface area (Å²) in [6.07, 6.45) is 2.48. The average Bonchev–Trinajstić information content (AvgIpc) is 2.48. The fraction of sp³-hybridized carbons (Fsp3) is 0.647. The fourth-order valence-corrected chi connectivity index (χ4v) is 2.81. The van der Waals surface area contributed by atoms with E-state index in [1.807, 2.05) is 18.2 Å². The minimum Gasteiger partial charge on any atom is -0.493 e. The summed E-state index contributed by atoms with van der Waals surface area (Å²) in [5.74, 6) is 1.48. The van der Waals surface area contributed by atoms with Crippen molar-refractivity contribution in [3.63, 3.8) is 0 Å². The zero-order chi connectivity index (χ0) is 15.5. The van der Waals surface area contributed by atoms with E-state index in [-0.39, 0.29) is 6.04 Å². The van der Waals surface area contributed by atoms with Gasteiger partial charge in [0.1, 0.15) is 0 Å². The summed E-state index contributed by atoms with van der Waals surface area (Å²) in [6.45, 7) is 7.85. The van der Waals surface area contributed by atoms with Gasteiger partial charge >= 0.3 is 0 Å². The summed E-state index contributed by atoms with van der Waals surface area (Å²) in [5.41, 5.74) is 7.94. The lowest BCUT2D eigenvalue weighted by Crippen LogP contribution is -2.40. The Balaban J connectivity index is 1.99. The second-order valence-corrected chi connectivity index (χ2v) is 6.69. The van der Waals surface area contributed by atoms with Crippen LogP contribution in [0.1, 0.15) is 38.3 Å². The van der Waals surface area contributed by atoms with E-state index < -0.39 is 0 Å². The first kappa shape index (κ1) is 16.1. The summed E-state index contributed by atoms with van der Waals surface area (Å²) in [4.78, 5) is 2.46. The summed E-state index contributed by atoms with van der Waals surface area (Å²) in [6, 6.07) is 5.94. The lowest BCUT2D eigenvalue weighted by Gasteiger charge is -2.38. The van der Waals surface area contributed by atoms with E-state index >= 15 is 0 Å². The molecule has 0 aliphatic carbocycles. The quantitative estimate of drug-likeness (QED) is 0.906. The van der Waals surface area contributed by atoms with Crippen molar-refractivity contribution in [2.75, 3.05) is 33.9 Å². The molecule has 1 aromatic rings. The molecule has 1 fully saturated rings. The molecule has 0 aromatic heterocycles. The predicted molar refractivity (Wildman–Crippen MR) is 85.9 cm³/mol. The van der Waals surface area contributed by atoms with E-state index in [2.05, 4.69) is 18.7 Å². The van der Waals surface area contributed by atoms with Crippen molar-refractivity contribution in [2.24, 2.45) is 11.1 Å². The number of nitrogens with zero attached hydrogens (tertiary/aromatic N) is 1. The van der Waals surface area contributed by atoms with Gasteiger partial charge in [0.15, 0.2) is 11.5 Å². The molecule has 1 atom stereocenters. The molecule has 2 N–H and O–H groups in total. The molecule has 0 bridgehead atoms. The first-order chi connectivity index (χ1) is 9.95. The van der Waals surface area contributed by atoms with Crippen molar-refractivity contribution in [3.05, 3.63) is 23.8 Å². The molecule has 1 aliphatic rings. The molecule has 0 saturated carbocycles. The van der Waals surface area contributed by atoms with Crippen LogP contribution in [-0.2, 0) is 0 Å². The Morgan fingerprint density at radius 3 is 2.33 bits per heavy atom. The van der Waals surface area contributed by atoms with Gasteiger partial charge in [-0.05, 0) is 49.0 Å². The number of piperidine rings is 1. The minimum absolute atomic E-state index is 0.00557. The van der Waals surface area contributed by atoms with E-state index in [0.29, 0.717) is 5.41 Å². The highest BCUT2D eigenvalue weighted by Crippen LogP contribution is 2.32. The maximum absolute atomic E-state index is 6.37. The van der Waals surface area contributed by atoms with Gasteiger partial charge in [0.2, 0.25) is 0 Å². The lowest BCUT2D eigenvalue weighted by molar-refractivity contribution is 0.127. The molecule has 21 heavy (non-hydrogen) atoms. The molecular weight excluding hydrogens is 264 g/mol. The molecule has 4 nitrogen and oxygen atoms in total. The van der Waals surface area contributed by atoms with E-state index in [1.165, 1.54) is 12.8 Å². The highest BCUT2D eigenvalue weighted by molar-refractivity contribution is 5.43. The number of likely N-dealkylation sites (tertiary alicyclic amines) is 1. The monoisotopic (exact) mass is 292 g/mol. The third kappa shape index (κ3) is 4.11. The summed E-state index contributed by atoms with van der Waals surface area (Å²) < 4.78 is 10.6. The summed E-state index contributed by atoms with van der Waals surface area (Å²) >= 11 is 0. The van der Waals surface area contributed by atoms with Crippen molar-refractivity contribution < 1.29 is 9.47 Å². The van der Waals surface area contributed by atoms with Crippen LogP contribution in [0.2, 0.25) is 0 Å². The third-order valence-corrected chi connectivity index (χ3v) is 4.50. The number of ether oxygens (including phenoxy) is 2. The molecule has 1 unspecified atom stereocenters. The number of hydrogen-bond donors (Lipinski definition) is 1. The lowest BCUT2D eigenvalue weighted by atomic mass is 9.82. The number of nitrogens with two attached hydrogens (primary N) is 1. The maximum Gasteiger partial charge on any atom is 0.161 e. The molecule has 4 heteroatoms. The normalized spacial score (nSPS) is 20.0. The summed E-state index contributed by atoms with van der Waals surface area (Å²) in [7, 11) is 3.30. The molecule has 0 amide bonds. The Labute approximate surface area is 128 Å². The Morgan fingerprint density at radius 2 is 1.76 bits per heavy atom. The van der Waals surface area contributed by atoms with Crippen molar-refractivity contribution in [1.82, 2.24) is 4.90 Å². The molecule has 0 spiro atoms. The van der Waals surface area contributed by atoms with Gasteiger partial charge in [0.05, 0.1) is 14.2 Å². The van der Waals surface area contributed by atoms with Crippen LogP contribution in [0, 0.1) is 5.41 Å². The highest BCUT2D eigenvalue weighted by Gasteiger charge is 2.26. The van der Waals surface area contributed by atoms with Gasteiger partial charge in [-0.2, -0.15) is 0 Å².